The Balaban J connectivity index is 2.28. The lowest BCUT2D eigenvalue weighted by Gasteiger charge is -2.24. The van der Waals surface area contributed by atoms with Crippen LogP contribution < -0.4 is 5.32 Å². The Hall–Kier alpha value is -0.610. The van der Waals surface area contributed by atoms with Gasteiger partial charge in [-0.25, -0.2) is 0 Å². The molecule has 4 heteroatoms. The molecule has 2 N–H and O–H groups in total. The zero-order chi connectivity index (χ0) is 9.90. The largest absolute Gasteiger partial charge is 0.481 e. The Morgan fingerprint density at radius 2 is 2.46 bits per heavy atom. The lowest BCUT2D eigenvalue weighted by atomic mass is 10.0. The van der Waals surface area contributed by atoms with E-state index in [0.717, 1.165) is 13.0 Å². The van der Waals surface area contributed by atoms with Gasteiger partial charge in [-0.15, -0.1) is 0 Å². The van der Waals surface area contributed by atoms with Gasteiger partial charge in [0.2, 0.25) is 0 Å². The molecule has 13 heavy (non-hydrogen) atoms. The van der Waals surface area contributed by atoms with Crippen molar-refractivity contribution in [2.75, 3.05) is 19.8 Å². The van der Waals surface area contributed by atoms with Crippen molar-refractivity contribution in [2.45, 2.75) is 25.8 Å². The van der Waals surface area contributed by atoms with Gasteiger partial charge in [0.05, 0.1) is 12.5 Å². The van der Waals surface area contributed by atoms with Crippen LogP contribution in [-0.2, 0) is 9.53 Å². The van der Waals surface area contributed by atoms with Crippen LogP contribution in [0, 0.1) is 5.92 Å². The fourth-order valence-corrected chi connectivity index (χ4v) is 1.29. The number of rotatable bonds is 4. The lowest BCUT2D eigenvalue weighted by molar-refractivity contribution is -0.141. The molecule has 1 fully saturated rings. The van der Waals surface area contributed by atoms with Crippen molar-refractivity contribution in [1.82, 2.24) is 5.32 Å². The fraction of sp³-hybridized carbons (Fsp3) is 0.889. The predicted molar refractivity (Wildman–Crippen MR) is 48.6 cm³/mol. The Morgan fingerprint density at radius 1 is 1.77 bits per heavy atom. The highest BCUT2D eigenvalue weighted by Gasteiger charge is 2.29. The molecule has 2 atom stereocenters. The van der Waals surface area contributed by atoms with E-state index in [1.54, 1.807) is 6.92 Å². The van der Waals surface area contributed by atoms with Gasteiger partial charge >= 0.3 is 5.97 Å². The molecule has 0 aliphatic carbocycles. The van der Waals surface area contributed by atoms with E-state index < -0.39 is 5.97 Å². The molecule has 1 heterocycles. The van der Waals surface area contributed by atoms with Crippen molar-refractivity contribution in [2.24, 2.45) is 5.92 Å². The van der Waals surface area contributed by atoms with Crippen LogP contribution in [-0.4, -0.2) is 36.4 Å². The van der Waals surface area contributed by atoms with Gasteiger partial charge < -0.3 is 15.2 Å². The second-order valence-electron chi connectivity index (χ2n) is 3.98. The van der Waals surface area contributed by atoms with E-state index in [9.17, 15) is 4.79 Å². The van der Waals surface area contributed by atoms with E-state index >= 15 is 0 Å². The number of carboxylic acids is 1. The summed E-state index contributed by atoms with van der Waals surface area (Å²) in [6.45, 7) is 5.72. The molecule has 0 aromatic rings. The second kappa shape index (κ2) is 4.07. The third-order valence-electron chi connectivity index (χ3n) is 2.48. The molecule has 0 bridgehead atoms. The van der Waals surface area contributed by atoms with Gasteiger partial charge in [0.15, 0.2) is 0 Å². The highest BCUT2D eigenvalue weighted by molar-refractivity contribution is 5.69. The first-order chi connectivity index (χ1) is 6.03. The molecule has 76 valence electrons. The minimum atomic E-state index is -0.755. The van der Waals surface area contributed by atoms with E-state index in [0.29, 0.717) is 13.2 Å². The van der Waals surface area contributed by atoms with E-state index in [1.807, 2.05) is 0 Å². The molecule has 0 aromatic carbocycles. The van der Waals surface area contributed by atoms with Gasteiger partial charge in [-0.3, -0.25) is 4.79 Å². The SMILES string of the molecule is CC(CNC1(C)CCOC1)C(=O)O. The van der Waals surface area contributed by atoms with E-state index in [1.165, 1.54) is 0 Å². The molecule has 2 unspecified atom stereocenters. The first kappa shape index (κ1) is 10.5. The third kappa shape index (κ3) is 2.97. The molecule has 1 rings (SSSR count). The molecule has 1 saturated heterocycles. The Labute approximate surface area is 78.3 Å². The Kier molecular flexibility index (Phi) is 3.27. The van der Waals surface area contributed by atoms with Crippen LogP contribution in [0.1, 0.15) is 20.3 Å². The predicted octanol–water partition coefficient (Wildman–Crippen LogP) is 0.476. The van der Waals surface area contributed by atoms with Crippen LogP contribution in [0.4, 0.5) is 0 Å². The molecule has 1 aliphatic heterocycles. The van der Waals surface area contributed by atoms with Gasteiger partial charge in [0.25, 0.3) is 0 Å². The summed E-state index contributed by atoms with van der Waals surface area (Å²) in [6, 6.07) is 0. The van der Waals surface area contributed by atoms with Gasteiger partial charge in [0.1, 0.15) is 0 Å². The summed E-state index contributed by atoms with van der Waals surface area (Å²) in [6.07, 6.45) is 0.958. The zero-order valence-corrected chi connectivity index (χ0v) is 8.17. The maximum Gasteiger partial charge on any atom is 0.307 e. The topological polar surface area (TPSA) is 58.6 Å². The highest BCUT2D eigenvalue weighted by atomic mass is 16.5. The van der Waals surface area contributed by atoms with Gasteiger partial charge in [0, 0.05) is 18.7 Å². The van der Waals surface area contributed by atoms with E-state index in [2.05, 4.69) is 12.2 Å². The number of carboxylic acid groups (broad SMARTS) is 1. The van der Waals surface area contributed by atoms with Crippen LogP contribution in [0.3, 0.4) is 0 Å². The second-order valence-corrected chi connectivity index (χ2v) is 3.98. The van der Waals surface area contributed by atoms with Crippen LogP contribution in [0.5, 0.6) is 0 Å². The minimum absolute atomic E-state index is 0.0241. The lowest BCUT2D eigenvalue weighted by Crippen LogP contribution is -2.45. The molecular weight excluding hydrogens is 170 g/mol. The number of nitrogens with one attached hydrogen (secondary N) is 1. The average molecular weight is 187 g/mol. The smallest absolute Gasteiger partial charge is 0.307 e. The van der Waals surface area contributed by atoms with Crippen LogP contribution in [0.15, 0.2) is 0 Å². The quantitative estimate of drug-likeness (QED) is 0.672. The van der Waals surface area contributed by atoms with Gasteiger partial charge in [-0.05, 0) is 13.3 Å². The first-order valence-electron chi connectivity index (χ1n) is 4.59. The molecule has 1 aliphatic rings. The van der Waals surface area contributed by atoms with Crippen LogP contribution >= 0.6 is 0 Å². The van der Waals surface area contributed by atoms with Crippen LogP contribution in [0.2, 0.25) is 0 Å². The summed E-state index contributed by atoms with van der Waals surface area (Å²) in [5.41, 5.74) is -0.0241. The summed E-state index contributed by atoms with van der Waals surface area (Å²) >= 11 is 0. The highest BCUT2D eigenvalue weighted by Crippen LogP contribution is 2.17. The van der Waals surface area contributed by atoms with Crippen molar-refractivity contribution >= 4 is 5.97 Å². The maximum absolute atomic E-state index is 10.5. The number of carbonyl (C=O) groups is 1. The Morgan fingerprint density at radius 3 is 2.92 bits per heavy atom. The summed E-state index contributed by atoms with van der Waals surface area (Å²) in [7, 11) is 0. The molecule has 0 radical (unpaired) electrons. The fourth-order valence-electron chi connectivity index (χ4n) is 1.29. The standard InChI is InChI=1S/C9H17NO3/c1-7(8(11)12)5-10-9(2)3-4-13-6-9/h7,10H,3-6H2,1-2H3,(H,11,12). The normalized spacial score (nSPS) is 30.3. The zero-order valence-electron chi connectivity index (χ0n) is 8.17. The summed E-state index contributed by atoms with van der Waals surface area (Å²) in [4.78, 5) is 10.5. The maximum atomic E-state index is 10.5. The Bertz CT molecular complexity index is 187. The molecule has 0 saturated carbocycles. The molecule has 0 amide bonds. The summed E-state index contributed by atoms with van der Waals surface area (Å²) < 4.78 is 5.24. The first-order valence-corrected chi connectivity index (χ1v) is 4.59. The molecular formula is C9H17NO3. The van der Waals surface area contributed by atoms with Crippen LogP contribution in [0.25, 0.3) is 0 Å². The van der Waals surface area contributed by atoms with Crippen molar-refractivity contribution in [3.63, 3.8) is 0 Å². The van der Waals surface area contributed by atoms with Crippen molar-refractivity contribution < 1.29 is 14.6 Å². The van der Waals surface area contributed by atoms with E-state index in [4.69, 9.17) is 9.84 Å². The van der Waals surface area contributed by atoms with E-state index in [-0.39, 0.29) is 11.5 Å². The van der Waals surface area contributed by atoms with Crippen molar-refractivity contribution in [3.05, 3.63) is 0 Å². The number of ether oxygens (including phenoxy) is 1. The average Bonchev–Trinajstić information content (AvgIpc) is 2.48. The number of hydrogen-bond donors (Lipinski definition) is 2. The van der Waals surface area contributed by atoms with Crippen molar-refractivity contribution in [3.8, 4) is 0 Å². The summed E-state index contributed by atoms with van der Waals surface area (Å²) in [5, 5.41) is 11.9. The monoisotopic (exact) mass is 187 g/mol. The minimum Gasteiger partial charge on any atom is -0.481 e. The molecule has 4 nitrogen and oxygen atoms in total. The van der Waals surface area contributed by atoms with Gasteiger partial charge in [-0.1, -0.05) is 6.92 Å². The van der Waals surface area contributed by atoms with Gasteiger partial charge in [-0.2, -0.15) is 0 Å². The third-order valence-corrected chi connectivity index (χ3v) is 2.48. The van der Waals surface area contributed by atoms with Crippen molar-refractivity contribution in [1.29, 1.82) is 0 Å². The molecule has 0 spiro atoms. The number of hydrogen-bond acceptors (Lipinski definition) is 3. The number of aliphatic carboxylic acids is 1. The molecule has 0 aromatic heterocycles. The summed E-state index contributed by atoms with van der Waals surface area (Å²) in [5.74, 6) is -1.09.